The molecule has 0 N–H and O–H groups in total. The van der Waals surface area contributed by atoms with Crippen LogP contribution in [0.5, 0.6) is 0 Å². The molecule has 0 heterocycles. The largest absolute Gasteiger partial charge is 0.252 e. The average molecular weight is 1170 g/mol. The molecule has 470 valence electrons. The van der Waals surface area contributed by atoms with E-state index in [1.165, 1.54) is 321 Å². The van der Waals surface area contributed by atoms with Crippen LogP contribution in [0.3, 0.4) is 0 Å². The van der Waals surface area contributed by atoms with Crippen LogP contribution in [-0.4, -0.2) is 11.4 Å². The Bertz CT molecular complexity index is 1820. The average Bonchev–Trinajstić information content (AvgIpc) is 3.48. The van der Waals surface area contributed by atoms with Gasteiger partial charge in [-0.3, -0.25) is 9.98 Å². The summed E-state index contributed by atoms with van der Waals surface area (Å²) in [7, 11) is 0. The molecule has 0 saturated heterocycles. The van der Waals surface area contributed by atoms with Crippen molar-refractivity contribution in [3.63, 3.8) is 0 Å². The third-order valence-corrected chi connectivity index (χ3v) is 17.2. The van der Waals surface area contributed by atoms with E-state index in [0.717, 1.165) is 78.9 Å². The van der Waals surface area contributed by atoms with Crippen molar-refractivity contribution in [2.24, 2.45) is 9.98 Å². The van der Waals surface area contributed by atoms with E-state index >= 15 is 0 Å². The minimum atomic E-state index is 0. The first kappa shape index (κ1) is 77.4. The summed E-state index contributed by atoms with van der Waals surface area (Å²) in [5, 5.41) is 0. The van der Waals surface area contributed by atoms with Gasteiger partial charge in [0.15, 0.2) is 0 Å². The third kappa shape index (κ3) is 50.7. The first-order chi connectivity index (χ1) is 40.2. The molecule has 0 radical (unpaired) electrons. The van der Waals surface area contributed by atoms with E-state index < -0.39 is 0 Å². The van der Waals surface area contributed by atoms with Crippen molar-refractivity contribution in [3.05, 3.63) is 59.7 Å². The van der Waals surface area contributed by atoms with Gasteiger partial charge in [-0.25, -0.2) is 0 Å². The summed E-state index contributed by atoms with van der Waals surface area (Å²) in [6.07, 6.45) is 78.3. The van der Waals surface area contributed by atoms with Crippen LogP contribution in [0.1, 0.15) is 405 Å². The molecule has 0 atom stereocenters. The zero-order chi connectivity index (χ0) is 57.7. The molecule has 0 aliphatic heterocycles. The molecule has 0 aliphatic rings. The Labute approximate surface area is 523 Å². The number of rotatable bonds is 58. The Morgan fingerprint density at radius 2 is 0.439 bits per heavy atom. The van der Waals surface area contributed by atoms with E-state index in [0.29, 0.717) is 0 Å². The molecule has 0 saturated carbocycles. The Balaban J connectivity index is 0.0000336. The molecule has 2 nitrogen and oxygen atoms in total. The van der Waals surface area contributed by atoms with Gasteiger partial charge in [-0.15, -0.1) is 0 Å². The second kappa shape index (κ2) is 62.9. The van der Waals surface area contributed by atoms with Crippen LogP contribution in [0.2, 0.25) is 0 Å². The van der Waals surface area contributed by atoms with Crippen molar-refractivity contribution >= 4 is 22.8 Å². The van der Waals surface area contributed by atoms with E-state index in [1.807, 2.05) is 0 Å². The van der Waals surface area contributed by atoms with Gasteiger partial charge in [0.05, 0.1) is 22.8 Å². The van der Waals surface area contributed by atoms with Crippen LogP contribution >= 0.6 is 0 Å². The molecule has 0 aromatic heterocycles. The molecule has 3 heteroatoms. The second-order valence-corrected chi connectivity index (χ2v) is 25.1. The van der Waals surface area contributed by atoms with Crippen molar-refractivity contribution in [1.29, 1.82) is 0 Å². The number of hydrogen-bond acceptors (Lipinski definition) is 2. The molecule has 0 spiro atoms. The quantitative estimate of drug-likeness (QED) is 0.0273. The summed E-state index contributed by atoms with van der Waals surface area (Å²) < 4.78 is 0. The number of benzene rings is 2. The van der Waals surface area contributed by atoms with Crippen molar-refractivity contribution in [1.82, 2.24) is 0 Å². The van der Waals surface area contributed by atoms with E-state index in [4.69, 9.17) is 9.98 Å². The van der Waals surface area contributed by atoms with Crippen LogP contribution in [0, 0.1) is 23.7 Å². The summed E-state index contributed by atoms with van der Waals surface area (Å²) >= 11 is 0. The number of nitrogens with zero attached hydrogens (tertiary/aromatic N) is 2. The molecule has 2 aromatic carbocycles. The van der Waals surface area contributed by atoms with E-state index in [-0.39, 0.29) is 16.5 Å². The van der Waals surface area contributed by atoms with Crippen molar-refractivity contribution in [2.75, 3.05) is 0 Å². The Hall–Kier alpha value is -2.61. The third-order valence-electron chi connectivity index (χ3n) is 17.2. The van der Waals surface area contributed by atoms with E-state index in [2.05, 4.69) is 99.9 Å². The van der Waals surface area contributed by atoms with Gasteiger partial charge in [0.2, 0.25) is 0 Å². The van der Waals surface area contributed by atoms with Crippen LogP contribution in [-0.2, 0) is 16.5 Å². The first-order valence-corrected chi connectivity index (χ1v) is 36.5. The first-order valence-electron chi connectivity index (χ1n) is 36.5. The van der Waals surface area contributed by atoms with Crippen molar-refractivity contribution < 1.29 is 16.5 Å². The Morgan fingerprint density at radius 3 is 0.671 bits per heavy atom. The molecule has 0 aliphatic carbocycles. The zero-order valence-electron chi connectivity index (χ0n) is 55.1. The molecule has 2 aromatic rings. The molecule has 2 rings (SSSR count). The van der Waals surface area contributed by atoms with Gasteiger partial charge in [0.25, 0.3) is 0 Å². The van der Waals surface area contributed by atoms with Gasteiger partial charge in [-0.1, -0.05) is 366 Å². The molecule has 82 heavy (non-hydrogen) atoms. The van der Waals surface area contributed by atoms with Crippen molar-refractivity contribution in [2.45, 2.75) is 394 Å². The summed E-state index contributed by atoms with van der Waals surface area (Å²) in [5.41, 5.74) is 6.45. The van der Waals surface area contributed by atoms with E-state index in [1.54, 1.807) is 0 Å². The van der Waals surface area contributed by atoms with Crippen LogP contribution < -0.4 is 0 Å². The smallest absolute Gasteiger partial charge is 0.0634 e. The number of aliphatic imine (C=N–C) groups is 2. The van der Waals surface area contributed by atoms with Gasteiger partial charge in [-0.2, -0.15) is 0 Å². The van der Waals surface area contributed by atoms with Crippen LogP contribution in [0.4, 0.5) is 11.4 Å². The van der Waals surface area contributed by atoms with Gasteiger partial charge in [0, 0.05) is 40.5 Å². The maximum atomic E-state index is 5.28. The SMILES string of the molecule is CCCCCCCCCCCCCCCCCCCCCCCCCCC#Cc1ccc(N=C(CCCC)C(CCCCC)=Nc2ccc(C#CCCCCCCCCCCCCCCCCCCCCCCCCCC)cc2)cc1.[Ni]. The van der Waals surface area contributed by atoms with Crippen molar-refractivity contribution in [3.8, 4) is 23.7 Å². The van der Waals surface area contributed by atoms with Gasteiger partial charge >= 0.3 is 0 Å². The maximum Gasteiger partial charge on any atom is 0.0634 e. The van der Waals surface area contributed by atoms with Crippen LogP contribution in [0.15, 0.2) is 58.5 Å². The Morgan fingerprint density at radius 1 is 0.244 bits per heavy atom. The summed E-state index contributed by atoms with van der Waals surface area (Å²) in [4.78, 5) is 10.5. The number of hydrogen-bond donors (Lipinski definition) is 0. The Kier molecular flexibility index (Phi) is 59.4. The molecule has 0 amide bonds. The minimum Gasteiger partial charge on any atom is -0.252 e. The predicted molar refractivity (Wildman–Crippen MR) is 367 cm³/mol. The normalized spacial score (nSPS) is 11.6. The minimum absolute atomic E-state index is 0. The summed E-state index contributed by atoms with van der Waals surface area (Å²) in [6.45, 7) is 9.17. The maximum absolute atomic E-state index is 5.28. The fourth-order valence-corrected chi connectivity index (χ4v) is 11.6. The van der Waals surface area contributed by atoms with Gasteiger partial charge in [-0.05, 0) is 87.1 Å². The monoisotopic (exact) mass is 1170 g/mol. The summed E-state index contributed by atoms with van der Waals surface area (Å²) in [5.74, 6) is 13.8. The molecule has 0 unspecified atom stereocenters. The zero-order valence-corrected chi connectivity index (χ0v) is 56.1. The molecular formula is C79H134N2Ni. The topological polar surface area (TPSA) is 24.7 Å². The van der Waals surface area contributed by atoms with Crippen LogP contribution in [0.25, 0.3) is 0 Å². The predicted octanol–water partition coefficient (Wildman–Crippen LogP) is 27.5. The summed E-state index contributed by atoms with van der Waals surface area (Å²) in [6, 6.07) is 17.2. The number of unbranched alkanes of at least 4 members (excludes halogenated alkanes) is 51. The molecule has 0 fully saturated rings. The van der Waals surface area contributed by atoms with Gasteiger partial charge in [0.1, 0.15) is 0 Å². The standard InChI is InChI=1S/C79H134N2.Ni/c1-5-9-13-15-17-19-21-23-25-27-29-31-33-35-37-39-41-43-45-47-49-51-53-55-57-60-62-74-66-70-76(71-67-74)80-78(64-12-8-4)79(65-59-11-7-3)81-77-72-68-75(69-73-77)63-61-58-56-54-52-50-48-46-44-42-40-38-36-34-32-30-28-26-24-22-20-18-16-14-10-6-2;/h66-73H,5-59,64-65H2,1-4H3;. The fourth-order valence-electron chi connectivity index (χ4n) is 11.6. The molecule has 0 bridgehead atoms. The second-order valence-electron chi connectivity index (χ2n) is 25.1. The van der Waals surface area contributed by atoms with Gasteiger partial charge < -0.3 is 0 Å². The fraction of sp³-hybridized carbons (Fsp3) is 0.772. The van der Waals surface area contributed by atoms with E-state index in [9.17, 15) is 0 Å². The molecular weight excluding hydrogens is 1040 g/mol.